The van der Waals surface area contributed by atoms with Gasteiger partial charge in [-0.25, -0.2) is 15.0 Å². The van der Waals surface area contributed by atoms with Crippen LogP contribution in [0.3, 0.4) is 0 Å². The highest BCUT2D eigenvalue weighted by molar-refractivity contribution is 6.14. The van der Waals surface area contributed by atoms with E-state index < -0.39 is 0 Å². The highest BCUT2D eigenvalue weighted by atomic mass is 16.1. The van der Waals surface area contributed by atoms with E-state index in [0.29, 0.717) is 17.2 Å². The SMILES string of the molecule is Cc1cc(Nc2ncnc(N)c2C)cc2c1C(=O)N=C2. The van der Waals surface area contributed by atoms with Gasteiger partial charge in [-0.15, -0.1) is 0 Å². The van der Waals surface area contributed by atoms with Gasteiger partial charge in [-0.05, 0) is 31.5 Å². The van der Waals surface area contributed by atoms with Crippen LogP contribution in [0.25, 0.3) is 0 Å². The predicted molar refractivity (Wildman–Crippen MR) is 77.6 cm³/mol. The highest BCUT2D eigenvalue weighted by Crippen LogP contribution is 2.27. The normalized spacial score (nSPS) is 12.6. The van der Waals surface area contributed by atoms with Gasteiger partial charge < -0.3 is 11.1 Å². The van der Waals surface area contributed by atoms with Crippen molar-refractivity contribution in [2.45, 2.75) is 13.8 Å². The Morgan fingerprint density at radius 3 is 2.80 bits per heavy atom. The Morgan fingerprint density at radius 2 is 2.00 bits per heavy atom. The van der Waals surface area contributed by atoms with Crippen molar-refractivity contribution in [3.63, 3.8) is 0 Å². The van der Waals surface area contributed by atoms with E-state index in [0.717, 1.165) is 22.4 Å². The average Bonchev–Trinajstić information content (AvgIpc) is 2.77. The Kier molecular flexibility index (Phi) is 2.71. The van der Waals surface area contributed by atoms with Gasteiger partial charge in [0.05, 0.1) is 5.56 Å². The van der Waals surface area contributed by atoms with Crippen LogP contribution in [-0.4, -0.2) is 22.1 Å². The molecule has 1 aliphatic rings. The molecule has 0 saturated carbocycles. The summed E-state index contributed by atoms with van der Waals surface area (Å²) in [7, 11) is 0. The molecule has 1 aromatic carbocycles. The van der Waals surface area contributed by atoms with Crippen molar-refractivity contribution in [1.29, 1.82) is 0 Å². The van der Waals surface area contributed by atoms with Crippen molar-refractivity contribution in [2.24, 2.45) is 4.99 Å². The third kappa shape index (κ3) is 1.91. The van der Waals surface area contributed by atoms with E-state index >= 15 is 0 Å². The third-order valence-corrected chi connectivity index (χ3v) is 3.29. The maximum absolute atomic E-state index is 11.6. The molecule has 0 atom stereocenters. The molecule has 0 fully saturated rings. The van der Waals surface area contributed by atoms with Crippen LogP contribution in [0.1, 0.15) is 27.0 Å². The summed E-state index contributed by atoms with van der Waals surface area (Å²) >= 11 is 0. The van der Waals surface area contributed by atoms with Gasteiger partial charge in [-0.3, -0.25) is 4.79 Å². The first-order chi connectivity index (χ1) is 9.56. The summed E-state index contributed by atoms with van der Waals surface area (Å²) in [5.41, 5.74) is 9.74. The molecular formula is C14H13N5O. The van der Waals surface area contributed by atoms with E-state index in [1.54, 1.807) is 6.21 Å². The number of carbonyl (C=O) groups is 1. The second kappa shape index (κ2) is 4.41. The monoisotopic (exact) mass is 267 g/mol. The van der Waals surface area contributed by atoms with Gasteiger partial charge in [-0.2, -0.15) is 0 Å². The van der Waals surface area contributed by atoms with Gasteiger partial charge in [0.2, 0.25) is 0 Å². The lowest BCUT2D eigenvalue weighted by molar-refractivity contribution is 0.101. The zero-order valence-corrected chi connectivity index (χ0v) is 11.1. The molecule has 1 amide bonds. The summed E-state index contributed by atoms with van der Waals surface area (Å²) in [6.07, 6.45) is 2.99. The molecule has 3 rings (SSSR count). The minimum atomic E-state index is -0.188. The van der Waals surface area contributed by atoms with Gasteiger partial charge in [0, 0.05) is 23.0 Å². The molecule has 2 heterocycles. The number of aromatic nitrogens is 2. The number of hydrogen-bond acceptors (Lipinski definition) is 5. The van der Waals surface area contributed by atoms with Crippen LogP contribution in [0.4, 0.5) is 17.3 Å². The summed E-state index contributed by atoms with van der Waals surface area (Å²) in [5, 5.41) is 3.19. The van der Waals surface area contributed by atoms with Crippen LogP contribution >= 0.6 is 0 Å². The van der Waals surface area contributed by atoms with E-state index in [2.05, 4.69) is 20.3 Å². The van der Waals surface area contributed by atoms with Crippen LogP contribution in [-0.2, 0) is 0 Å². The molecular weight excluding hydrogens is 254 g/mol. The zero-order valence-electron chi connectivity index (χ0n) is 11.1. The molecule has 0 radical (unpaired) electrons. The minimum absolute atomic E-state index is 0.188. The van der Waals surface area contributed by atoms with Gasteiger partial charge in [0.1, 0.15) is 18.0 Å². The number of carbonyl (C=O) groups excluding carboxylic acids is 1. The quantitative estimate of drug-likeness (QED) is 0.867. The predicted octanol–water partition coefficient (Wildman–Crippen LogP) is 1.99. The minimum Gasteiger partial charge on any atom is -0.383 e. The van der Waals surface area contributed by atoms with E-state index in [1.807, 2.05) is 26.0 Å². The number of fused-ring (bicyclic) bond motifs is 1. The van der Waals surface area contributed by atoms with Crippen LogP contribution in [0.2, 0.25) is 0 Å². The number of amides is 1. The first-order valence-electron chi connectivity index (χ1n) is 6.13. The zero-order chi connectivity index (χ0) is 14.3. The van der Waals surface area contributed by atoms with Gasteiger partial charge in [-0.1, -0.05) is 0 Å². The number of hydrogen-bond donors (Lipinski definition) is 2. The smallest absolute Gasteiger partial charge is 0.277 e. The second-order valence-corrected chi connectivity index (χ2v) is 4.68. The number of benzene rings is 1. The Morgan fingerprint density at radius 1 is 1.20 bits per heavy atom. The first-order valence-corrected chi connectivity index (χ1v) is 6.13. The summed E-state index contributed by atoms with van der Waals surface area (Å²) in [6, 6.07) is 3.76. The molecule has 20 heavy (non-hydrogen) atoms. The lowest BCUT2D eigenvalue weighted by Gasteiger charge is -2.11. The molecule has 0 aliphatic carbocycles. The van der Waals surface area contributed by atoms with E-state index in [1.165, 1.54) is 6.33 Å². The molecule has 6 nitrogen and oxygen atoms in total. The van der Waals surface area contributed by atoms with Crippen molar-refractivity contribution in [2.75, 3.05) is 11.1 Å². The van der Waals surface area contributed by atoms with Gasteiger partial charge in [0.15, 0.2) is 0 Å². The van der Waals surface area contributed by atoms with Crippen LogP contribution in [0.5, 0.6) is 0 Å². The lowest BCUT2D eigenvalue weighted by Crippen LogP contribution is -2.03. The Labute approximate surface area is 115 Å². The molecule has 1 aliphatic heterocycles. The van der Waals surface area contributed by atoms with Crippen molar-refractivity contribution in [3.05, 3.63) is 40.7 Å². The maximum atomic E-state index is 11.6. The number of aliphatic imine (C=N–C) groups is 1. The standard InChI is InChI=1S/C14H13N5O/c1-7-3-10(4-9-5-16-14(20)11(7)9)19-13-8(2)12(15)17-6-18-13/h3-6H,1-2H3,(H3,15,17,18,19). The molecule has 0 saturated heterocycles. The number of nitrogens with two attached hydrogens (primary N) is 1. The fourth-order valence-electron chi connectivity index (χ4n) is 2.20. The van der Waals surface area contributed by atoms with Crippen molar-refractivity contribution in [3.8, 4) is 0 Å². The maximum Gasteiger partial charge on any atom is 0.277 e. The number of anilines is 3. The summed E-state index contributed by atoms with van der Waals surface area (Å²) < 4.78 is 0. The number of nitrogens with zero attached hydrogens (tertiary/aromatic N) is 3. The number of nitrogens with one attached hydrogen (secondary N) is 1. The molecule has 3 N–H and O–H groups in total. The molecule has 0 spiro atoms. The lowest BCUT2D eigenvalue weighted by atomic mass is 10.0. The molecule has 6 heteroatoms. The highest BCUT2D eigenvalue weighted by Gasteiger charge is 2.19. The van der Waals surface area contributed by atoms with Gasteiger partial charge in [0.25, 0.3) is 5.91 Å². The Balaban J connectivity index is 2.01. The Hall–Kier alpha value is -2.76. The Bertz CT molecular complexity index is 751. The topological polar surface area (TPSA) is 93.3 Å². The number of rotatable bonds is 2. The summed E-state index contributed by atoms with van der Waals surface area (Å²) in [5.74, 6) is 0.904. The number of nitrogen functional groups attached to an aromatic ring is 1. The van der Waals surface area contributed by atoms with Gasteiger partial charge >= 0.3 is 0 Å². The molecule has 0 bridgehead atoms. The number of aryl methyl sites for hydroxylation is 1. The molecule has 2 aromatic rings. The van der Waals surface area contributed by atoms with Crippen LogP contribution < -0.4 is 11.1 Å². The fraction of sp³-hybridized carbons (Fsp3) is 0.143. The second-order valence-electron chi connectivity index (χ2n) is 4.68. The fourth-order valence-corrected chi connectivity index (χ4v) is 2.20. The average molecular weight is 267 g/mol. The molecule has 1 aromatic heterocycles. The molecule has 0 unspecified atom stereocenters. The van der Waals surface area contributed by atoms with Crippen LogP contribution in [0, 0.1) is 13.8 Å². The van der Waals surface area contributed by atoms with Crippen LogP contribution in [0.15, 0.2) is 23.5 Å². The van der Waals surface area contributed by atoms with Crippen molar-refractivity contribution >= 4 is 29.4 Å². The van der Waals surface area contributed by atoms with E-state index in [9.17, 15) is 4.79 Å². The van der Waals surface area contributed by atoms with E-state index in [4.69, 9.17) is 5.73 Å². The third-order valence-electron chi connectivity index (χ3n) is 3.29. The largest absolute Gasteiger partial charge is 0.383 e. The summed E-state index contributed by atoms with van der Waals surface area (Å²) in [4.78, 5) is 23.5. The van der Waals surface area contributed by atoms with Crippen molar-refractivity contribution in [1.82, 2.24) is 9.97 Å². The first kappa shape index (κ1) is 12.3. The van der Waals surface area contributed by atoms with Crippen molar-refractivity contribution < 1.29 is 4.79 Å². The summed E-state index contributed by atoms with van der Waals surface area (Å²) in [6.45, 7) is 3.74. The van der Waals surface area contributed by atoms with E-state index in [-0.39, 0.29) is 5.91 Å². The molecule has 100 valence electrons.